The molecular formula is C25H25N3O3S. The minimum atomic E-state index is -0.277. The van der Waals surface area contributed by atoms with Crippen LogP contribution in [0, 0.1) is 13.8 Å². The van der Waals surface area contributed by atoms with Gasteiger partial charge in [-0.1, -0.05) is 47.7 Å². The van der Waals surface area contributed by atoms with Crippen molar-refractivity contribution in [2.75, 3.05) is 11.4 Å². The average Bonchev–Trinajstić information content (AvgIpc) is 3.46. The van der Waals surface area contributed by atoms with Crippen LogP contribution in [0.1, 0.15) is 40.1 Å². The highest BCUT2D eigenvalue weighted by atomic mass is 32.1. The fraction of sp³-hybridized carbons (Fsp3) is 0.240. The Morgan fingerprint density at radius 1 is 1.09 bits per heavy atom. The first kappa shape index (κ1) is 21.8. The van der Waals surface area contributed by atoms with Crippen LogP contribution in [0.5, 0.6) is 0 Å². The van der Waals surface area contributed by atoms with E-state index in [0.717, 1.165) is 21.3 Å². The smallest absolute Gasteiger partial charge is 0.286 e. The minimum Gasteiger partial charge on any atom is -0.459 e. The molecule has 0 bridgehead atoms. The van der Waals surface area contributed by atoms with Gasteiger partial charge in [-0.3, -0.25) is 14.5 Å². The molecule has 2 aromatic heterocycles. The summed E-state index contributed by atoms with van der Waals surface area (Å²) in [5.74, 6) is -0.0303. The maximum atomic E-state index is 13.2. The number of furan rings is 1. The van der Waals surface area contributed by atoms with Crippen molar-refractivity contribution >= 4 is 38.5 Å². The zero-order chi connectivity index (χ0) is 22.5. The molecule has 32 heavy (non-hydrogen) atoms. The van der Waals surface area contributed by atoms with Gasteiger partial charge in [0.2, 0.25) is 5.91 Å². The number of hydrogen-bond donors (Lipinski definition) is 1. The van der Waals surface area contributed by atoms with Gasteiger partial charge in [-0.05, 0) is 55.2 Å². The van der Waals surface area contributed by atoms with Crippen molar-refractivity contribution in [2.45, 2.75) is 33.2 Å². The average molecular weight is 448 g/mol. The van der Waals surface area contributed by atoms with Crippen LogP contribution in [0.25, 0.3) is 10.2 Å². The maximum absolute atomic E-state index is 13.2. The van der Waals surface area contributed by atoms with Crippen molar-refractivity contribution in [3.05, 3.63) is 83.3 Å². The van der Waals surface area contributed by atoms with E-state index in [4.69, 9.17) is 9.40 Å². The van der Waals surface area contributed by atoms with Crippen LogP contribution in [0.4, 0.5) is 5.13 Å². The van der Waals surface area contributed by atoms with Gasteiger partial charge in [-0.15, -0.1) is 0 Å². The number of hydrogen-bond acceptors (Lipinski definition) is 5. The van der Waals surface area contributed by atoms with E-state index in [-0.39, 0.29) is 17.6 Å². The summed E-state index contributed by atoms with van der Waals surface area (Å²) >= 11 is 1.54. The molecule has 4 aromatic rings. The van der Waals surface area contributed by atoms with E-state index < -0.39 is 0 Å². The lowest BCUT2D eigenvalue weighted by atomic mass is 10.1. The van der Waals surface area contributed by atoms with Crippen molar-refractivity contribution in [1.29, 1.82) is 0 Å². The van der Waals surface area contributed by atoms with Gasteiger partial charge in [0.1, 0.15) is 0 Å². The number of benzene rings is 2. The number of carbonyl (C=O) groups is 2. The van der Waals surface area contributed by atoms with Crippen LogP contribution in [0.3, 0.4) is 0 Å². The summed E-state index contributed by atoms with van der Waals surface area (Å²) in [6.45, 7) is 4.96. The van der Waals surface area contributed by atoms with E-state index >= 15 is 0 Å². The van der Waals surface area contributed by atoms with Crippen LogP contribution in [-0.4, -0.2) is 23.3 Å². The first-order chi connectivity index (χ1) is 15.5. The van der Waals surface area contributed by atoms with Gasteiger partial charge >= 0.3 is 0 Å². The zero-order valence-corrected chi connectivity index (χ0v) is 18.9. The first-order valence-corrected chi connectivity index (χ1v) is 11.4. The molecular weight excluding hydrogens is 422 g/mol. The predicted octanol–water partition coefficient (Wildman–Crippen LogP) is 5.25. The van der Waals surface area contributed by atoms with Crippen molar-refractivity contribution in [3.8, 4) is 0 Å². The molecule has 0 radical (unpaired) electrons. The van der Waals surface area contributed by atoms with E-state index in [1.54, 1.807) is 17.0 Å². The number of rotatable bonds is 8. The largest absolute Gasteiger partial charge is 0.459 e. The van der Waals surface area contributed by atoms with Gasteiger partial charge in [0.05, 0.1) is 23.0 Å². The summed E-state index contributed by atoms with van der Waals surface area (Å²) < 4.78 is 6.17. The van der Waals surface area contributed by atoms with E-state index in [1.807, 2.05) is 37.3 Å². The lowest BCUT2D eigenvalue weighted by molar-refractivity contribution is -0.118. The maximum Gasteiger partial charge on any atom is 0.286 e. The SMILES string of the molecule is Cc1cc(C)c2nc(N(Cc3ccccc3)C(=O)CCCNC(=O)c3ccco3)sc2c1. The number of fused-ring (bicyclic) bond motifs is 1. The fourth-order valence-corrected chi connectivity index (χ4v) is 4.73. The molecule has 0 aliphatic rings. The highest BCUT2D eigenvalue weighted by Gasteiger charge is 2.21. The molecule has 6 nitrogen and oxygen atoms in total. The molecule has 0 fully saturated rings. The van der Waals surface area contributed by atoms with Crippen molar-refractivity contribution < 1.29 is 14.0 Å². The second-order valence-corrected chi connectivity index (χ2v) is 8.74. The topological polar surface area (TPSA) is 75.4 Å². The van der Waals surface area contributed by atoms with Crippen molar-refractivity contribution in [3.63, 3.8) is 0 Å². The van der Waals surface area contributed by atoms with E-state index in [0.29, 0.717) is 31.1 Å². The summed E-state index contributed by atoms with van der Waals surface area (Å²) in [6, 6.07) is 17.4. The Morgan fingerprint density at radius 2 is 1.91 bits per heavy atom. The standard InChI is InChI=1S/C25H25N3O3S/c1-17-14-18(2)23-21(15-17)32-25(27-23)28(16-19-8-4-3-5-9-19)22(29)11-6-12-26-24(30)20-10-7-13-31-20/h3-5,7-10,13-15H,6,11-12,16H2,1-2H3,(H,26,30). The van der Waals surface area contributed by atoms with Gasteiger partial charge in [-0.2, -0.15) is 0 Å². The van der Waals surface area contributed by atoms with Crippen molar-refractivity contribution in [1.82, 2.24) is 10.3 Å². The molecule has 7 heteroatoms. The lowest BCUT2D eigenvalue weighted by Gasteiger charge is -2.20. The third-order valence-corrected chi connectivity index (χ3v) is 6.16. The Hall–Kier alpha value is -3.45. The highest BCUT2D eigenvalue weighted by Crippen LogP contribution is 2.32. The Labute approximate surface area is 190 Å². The number of aromatic nitrogens is 1. The molecule has 0 atom stereocenters. The minimum absolute atomic E-state index is 0.0190. The molecule has 2 amide bonds. The summed E-state index contributed by atoms with van der Waals surface area (Å²) in [4.78, 5) is 31.8. The van der Waals surface area contributed by atoms with E-state index in [1.165, 1.54) is 23.2 Å². The van der Waals surface area contributed by atoms with Crippen LogP contribution in [0.15, 0.2) is 65.3 Å². The Kier molecular flexibility index (Phi) is 6.66. The molecule has 0 unspecified atom stereocenters. The summed E-state index contributed by atoms with van der Waals surface area (Å²) in [6.07, 6.45) is 2.29. The lowest BCUT2D eigenvalue weighted by Crippen LogP contribution is -2.31. The molecule has 0 saturated carbocycles. The van der Waals surface area contributed by atoms with E-state index in [2.05, 4.69) is 24.4 Å². The van der Waals surface area contributed by atoms with Gasteiger partial charge < -0.3 is 9.73 Å². The predicted molar refractivity (Wildman–Crippen MR) is 127 cm³/mol. The third kappa shape index (κ3) is 5.06. The molecule has 4 rings (SSSR count). The number of amides is 2. The Balaban J connectivity index is 1.48. The number of carbonyl (C=O) groups excluding carboxylic acids is 2. The Bertz CT molecular complexity index is 1220. The Morgan fingerprint density at radius 3 is 2.66 bits per heavy atom. The summed E-state index contributed by atoms with van der Waals surface area (Å²) in [5.41, 5.74) is 4.26. The molecule has 0 aliphatic heterocycles. The molecule has 0 spiro atoms. The normalized spacial score (nSPS) is 10.9. The molecule has 2 heterocycles. The number of nitrogens with zero attached hydrogens (tertiary/aromatic N) is 2. The molecule has 0 aliphatic carbocycles. The number of nitrogens with one attached hydrogen (secondary N) is 1. The van der Waals surface area contributed by atoms with Crippen LogP contribution in [0.2, 0.25) is 0 Å². The highest BCUT2D eigenvalue weighted by molar-refractivity contribution is 7.22. The van der Waals surface area contributed by atoms with Gasteiger partial charge in [0.15, 0.2) is 10.9 Å². The van der Waals surface area contributed by atoms with Gasteiger partial charge in [0, 0.05) is 13.0 Å². The summed E-state index contributed by atoms with van der Waals surface area (Å²) in [7, 11) is 0. The second-order valence-electron chi connectivity index (χ2n) is 7.73. The third-order valence-electron chi connectivity index (χ3n) is 5.13. The van der Waals surface area contributed by atoms with Crippen LogP contribution in [-0.2, 0) is 11.3 Å². The zero-order valence-electron chi connectivity index (χ0n) is 18.1. The monoisotopic (exact) mass is 447 g/mol. The number of aryl methyl sites for hydroxylation is 2. The van der Waals surface area contributed by atoms with Crippen molar-refractivity contribution in [2.24, 2.45) is 0 Å². The molecule has 0 saturated heterocycles. The van der Waals surface area contributed by atoms with Crippen LogP contribution >= 0.6 is 11.3 Å². The molecule has 2 aromatic carbocycles. The van der Waals surface area contributed by atoms with E-state index in [9.17, 15) is 9.59 Å². The van der Waals surface area contributed by atoms with Gasteiger partial charge in [0.25, 0.3) is 5.91 Å². The molecule has 164 valence electrons. The number of anilines is 1. The fourth-order valence-electron chi connectivity index (χ4n) is 3.57. The van der Waals surface area contributed by atoms with Gasteiger partial charge in [-0.25, -0.2) is 4.98 Å². The molecule has 1 N–H and O–H groups in total. The summed E-state index contributed by atoms with van der Waals surface area (Å²) in [5, 5.41) is 3.48. The van der Waals surface area contributed by atoms with Crippen LogP contribution < -0.4 is 10.2 Å². The second kappa shape index (κ2) is 9.78. The number of thiazole rings is 1. The quantitative estimate of drug-likeness (QED) is 0.374. The first-order valence-electron chi connectivity index (χ1n) is 10.5.